The fraction of sp³-hybridized carbons (Fsp3) is 0.368. The second kappa shape index (κ2) is 9.14. The van der Waals surface area contributed by atoms with Crippen molar-refractivity contribution in [1.82, 2.24) is 14.5 Å². The normalized spacial score (nSPS) is 16.6. The van der Waals surface area contributed by atoms with E-state index in [9.17, 15) is 19.2 Å². The van der Waals surface area contributed by atoms with Gasteiger partial charge in [0.25, 0.3) is 5.56 Å². The van der Waals surface area contributed by atoms with Gasteiger partial charge >= 0.3 is 5.69 Å². The number of morpholine rings is 1. The summed E-state index contributed by atoms with van der Waals surface area (Å²) in [7, 11) is 0. The molecule has 148 valence electrons. The number of H-pyrrole nitrogens is 1. The topological polar surface area (TPSA) is 114 Å². The minimum absolute atomic E-state index is 0.0861. The molecule has 0 unspecified atom stereocenters. The minimum Gasteiger partial charge on any atom is -0.377 e. The van der Waals surface area contributed by atoms with Crippen LogP contribution in [0.25, 0.3) is 0 Å². The maximum Gasteiger partial charge on any atom is 0.328 e. The van der Waals surface area contributed by atoms with Crippen LogP contribution in [0, 0.1) is 0 Å². The molecule has 1 saturated heterocycles. The molecular weight excluding hydrogens is 364 g/mol. The third-order valence-electron chi connectivity index (χ3n) is 4.49. The van der Waals surface area contributed by atoms with Crippen molar-refractivity contribution in [1.29, 1.82) is 0 Å². The van der Waals surface area contributed by atoms with Gasteiger partial charge < -0.3 is 19.5 Å². The summed E-state index contributed by atoms with van der Waals surface area (Å²) in [6.45, 7) is 1.23. The zero-order valence-corrected chi connectivity index (χ0v) is 15.3. The van der Waals surface area contributed by atoms with Crippen molar-refractivity contribution in [3.05, 3.63) is 63.4 Å². The van der Waals surface area contributed by atoms with Crippen molar-refractivity contribution in [2.45, 2.75) is 25.4 Å². The van der Waals surface area contributed by atoms with Gasteiger partial charge in [-0.05, 0) is 12.1 Å². The average molecular weight is 386 g/mol. The van der Waals surface area contributed by atoms with E-state index in [0.717, 1.165) is 0 Å². The molecule has 2 amide bonds. The monoisotopic (exact) mass is 386 g/mol. The molecule has 1 aromatic carbocycles. The Bertz CT molecular complexity index is 937. The molecule has 0 bridgehead atoms. The van der Waals surface area contributed by atoms with Crippen LogP contribution in [-0.2, 0) is 20.9 Å². The summed E-state index contributed by atoms with van der Waals surface area (Å²) in [6, 6.07) is 9.97. The summed E-state index contributed by atoms with van der Waals surface area (Å²) >= 11 is 0. The zero-order chi connectivity index (χ0) is 19.9. The molecule has 1 fully saturated rings. The number of aromatic nitrogens is 2. The average Bonchev–Trinajstić information content (AvgIpc) is 2.68. The first-order valence-electron chi connectivity index (χ1n) is 9.05. The molecule has 0 saturated carbocycles. The van der Waals surface area contributed by atoms with Gasteiger partial charge in [-0.25, -0.2) is 4.79 Å². The van der Waals surface area contributed by atoms with Crippen LogP contribution in [0.2, 0.25) is 0 Å². The Morgan fingerprint density at radius 1 is 1.18 bits per heavy atom. The maximum atomic E-state index is 12.7. The highest BCUT2D eigenvalue weighted by molar-refractivity contribution is 5.91. The standard InChI is InChI=1S/C19H22N4O5/c24-16-6-8-22(19(27)21-16)9-7-18(26)23-10-11-28-13-15(23)12-17(25)20-14-4-2-1-3-5-14/h1-6,8,15H,7,9-13H2,(H,20,25)(H,21,24,27)/t15-/m1/s1. The summed E-state index contributed by atoms with van der Waals surface area (Å²) < 4.78 is 6.71. The fourth-order valence-corrected chi connectivity index (χ4v) is 3.08. The Morgan fingerprint density at radius 2 is 1.96 bits per heavy atom. The number of anilines is 1. The molecule has 3 rings (SSSR count). The van der Waals surface area contributed by atoms with Crippen LogP contribution in [0.1, 0.15) is 12.8 Å². The van der Waals surface area contributed by atoms with Crippen molar-refractivity contribution in [3.8, 4) is 0 Å². The molecule has 0 spiro atoms. The lowest BCUT2D eigenvalue weighted by Gasteiger charge is -2.35. The SMILES string of the molecule is O=C(C[C@@H]1COCCN1C(=O)CCn1ccc(=O)[nH]c1=O)Nc1ccccc1. The number of aryl methyl sites for hydroxylation is 1. The number of para-hydroxylation sites is 1. The molecule has 28 heavy (non-hydrogen) atoms. The van der Waals surface area contributed by atoms with Gasteiger partial charge in [-0.15, -0.1) is 0 Å². The van der Waals surface area contributed by atoms with E-state index in [1.54, 1.807) is 17.0 Å². The van der Waals surface area contributed by atoms with Gasteiger partial charge in [0.2, 0.25) is 11.8 Å². The molecular formula is C19H22N4O5. The second-order valence-electron chi connectivity index (χ2n) is 6.49. The number of amides is 2. The van der Waals surface area contributed by atoms with E-state index in [1.807, 2.05) is 18.2 Å². The molecule has 1 atom stereocenters. The minimum atomic E-state index is -0.555. The molecule has 2 heterocycles. The predicted octanol–water partition coefficient (Wildman–Crippen LogP) is 0.183. The van der Waals surface area contributed by atoms with Gasteiger partial charge in [0.05, 0.1) is 19.3 Å². The van der Waals surface area contributed by atoms with Crippen LogP contribution in [0.4, 0.5) is 5.69 Å². The van der Waals surface area contributed by atoms with Gasteiger partial charge in [-0.3, -0.25) is 19.4 Å². The van der Waals surface area contributed by atoms with Crippen molar-refractivity contribution < 1.29 is 14.3 Å². The lowest BCUT2D eigenvalue weighted by Crippen LogP contribution is -2.50. The van der Waals surface area contributed by atoms with Crippen LogP contribution < -0.4 is 16.6 Å². The Balaban J connectivity index is 1.58. The molecule has 9 heteroatoms. The van der Waals surface area contributed by atoms with Gasteiger partial charge in [0.15, 0.2) is 0 Å². The van der Waals surface area contributed by atoms with E-state index in [-0.39, 0.29) is 43.8 Å². The van der Waals surface area contributed by atoms with Crippen molar-refractivity contribution in [3.63, 3.8) is 0 Å². The fourth-order valence-electron chi connectivity index (χ4n) is 3.08. The number of aromatic amines is 1. The smallest absolute Gasteiger partial charge is 0.328 e. The first-order chi connectivity index (χ1) is 13.5. The number of carbonyl (C=O) groups is 2. The Morgan fingerprint density at radius 3 is 2.71 bits per heavy atom. The van der Waals surface area contributed by atoms with Crippen molar-refractivity contribution in [2.24, 2.45) is 0 Å². The summed E-state index contributed by atoms with van der Waals surface area (Å²) in [5.41, 5.74) is -0.342. The first-order valence-corrected chi connectivity index (χ1v) is 9.05. The van der Waals surface area contributed by atoms with Crippen LogP contribution >= 0.6 is 0 Å². The van der Waals surface area contributed by atoms with Crippen molar-refractivity contribution >= 4 is 17.5 Å². The number of ether oxygens (including phenoxy) is 1. The Hall–Kier alpha value is -3.20. The van der Waals surface area contributed by atoms with Crippen molar-refractivity contribution in [2.75, 3.05) is 25.1 Å². The van der Waals surface area contributed by atoms with Gasteiger partial charge in [0, 0.05) is 43.9 Å². The number of nitrogens with one attached hydrogen (secondary N) is 2. The van der Waals surface area contributed by atoms with E-state index in [1.165, 1.54) is 16.8 Å². The number of carbonyl (C=O) groups excluding carboxylic acids is 2. The molecule has 9 nitrogen and oxygen atoms in total. The lowest BCUT2D eigenvalue weighted by atomic mass is 10.1. The third kappa shape index (κ3) is 5.17. The maximum absolute atomic E-state index is 12.7. The third-order valence-corrected chi connectivity index (χ3v) is 4.49. The molecule has 0 aliphatic carbocycles. The Kier molecular flexibility index (Phi) is 6.38. The van der Waals surface area contributed by atoms with E-state index < -0.39 is 11.2 Å². The van der Waals surface area contributed by atoms with E-state index in [2.05, 4.69) is 10.3 Å². The number of hydrogen-bond donors (Lipinski definition) is 2. The van der Waals surface area contributed by atoms with E-state index >= 15 is 0 Å². The molecule has 1 aliphatic rings. The number of hydrogen-bond acceptors (Lipinski definition) is 5. The molecule has 1 aliphatic heterocycles. The summed E-state index contributed by atoms with van der Waals surface area (Å²) in [5.74, 6) is -0.365. The highest BCUT2D eigenvalue weighted by Gasteiger charge is 2.29. The van der Waals surface area contributed by atoms with Crippen LogP contribution in [-0.4, -0.2) is 52.1 Å². The molecule has 1 aromatic heterocycles. The van der Waals surface area contributed by atoms with Gasteiger partial charge in [0.1, 0.15) is 0 Å². The highest BCUT2D eigenvalue weighted by atomic mass is 16.5. The number of nitrogens with zero attached hydrogens (tertiary/aromatic N) is 2. The molecule has 2 N–H and O–H groups in total. The van der Waals surface area contributed by atoms with E-state index in [4.69, 9.17) is 4.74 Å². The van der Waals surface area contributed by atoms with Crippen LogP contribution in [0.5, 0.6) is 0 Å². The summed E-state index contributed by atoms with van der Waals surface area (Å²) in [5, 5.41) is 2.81. The first kappa shape index (κ1) is 19.6. The second-order valence-corrected chi connectivity index (χ2v) is 6.49. The summed E-state index contributed by atoms with van der Waals surface area (Å²) in [4.78, 5) is 51.6. The predicted molar refractivity (Wildman–Crippen MR) is 102 cm³/mol. The van der Waals surface area contributed by atoms with Gasteiger partial charge in [-0.1, -0.05) is 18.2 Å². The zero-order valence-electron chi connectivity index (χ0n) is 15.3. The van der Waals surface area contributed by atoms with E-state index in [0.29, 0.717) is 18.8 Å². The quantitative estimate of drug-likeness (QED) is 0.735. The van der Waals surface area contributed by atoms with Crippen LogP contribution in [0.3, 0.4) is 0 Å². The lowest BCUT2D eigenvalue weighted by molar-refractivity contribution is -0.141. The molecule has 2 aromatic rings. The summed E-state index contributed by atoms with van der Waals surface area (Å²) in [6.07, 6.45) is 1.57. The number of rotatable bonds is 6. The van der Waals surface area contributed by atoms with Gasteiger partial charge in [-0.2, -0.15) is 0 Å². The highest BCUT2D eigenvalue weighted by Crippen LogP contribution is 2.14. The largest absolute Gasteiger partial charge is 0.377 e. The molecule has 0 radical (unpaired) electrons. The van der Waals surface area contributed by atoms with Crippen LogP contribution in [0.15, 0.2) is 52.2 Å². The Labute approximate surface area is 160 Å². The number of benzene rings is 1.